The number of nitrogens with one attached hydrogen (secondary N) is 1. The zero-order chi connectivity index (χ0) is 30.3. The second-order valence-electron chi connectivity index (χ2n) is 9.72. The van der Waals surface area contributed by atoms with Crippen molar-refractivity contribution in [1.82, 2.24) is 10.2 Å². The van der Waals surface area contributed by atoms with Crippen LogP contribution in [0.5, 0.6) is 5.75 Å². The molecule has 3 aromatic rings. The van der Waals surface area contributed by atoms with Crippen LogP contribution in [0, 0.1) is 6.92 Å². The highest BCUT2D eigenvalue weighted by Crippen LogP contribution is 2.34. The predicted octanol–water partition coefficient (Wildman–Crippen LogP) is 5.84. The van der Waals surface area contributed by atoms with Gasteiger partial charge in [-0.1, -0.05) is 60.5 Å². The minimum Gasteiger partial charge on any atom is -0.495 e. The number of methoxy groups -OCH3 is 1. The molecule has 0 aliphatic carbocycles. The van der Waals surface area contributed by atoms with Gasteiger partial charge in [-0.3, -0.25) is 13.9 Å². The van der Waals surface area contributed by atoms with E-state index in [2.05, 4.69) is 5.32 Å². The van der Waals surface area contributed by atoms with E-state index in [0.717, 1.165) is 9.87 Å². The second kappa shape index (κ2) is 14.1. The lowest BCUT2D eigenvalue weighted by Gasteiger charge is -2.33. The molecule has 2 amide bonds. The maximum absolute atomic E-state index is 14.1. The van der Waals surface area contributed by atoms with E-state index in [1.54, 1.807) is 61.5 Å². The number of aryl methyl sites for hydroxylation is 1. The Labute approximate surface area is 252 Å². The lowest BCUT2D eigenvalue weighted by atomic mass is 10.1. The Hall–Kier alpha value is -3.27. The van der Waals surface area contributed by atoms with Gasteiger partial charge in [0.15, 0.2) is 0 Å². The molecule has 41 heavy (non-hydrogen) atoms. The molecule has 2 atom stereocenters. The molecular weight excluding hydrogens is 585 g/mol. The van der Waals surface area contributed by atoms with E-state index in [9.17, 15) is 18.0 Å². The topological polar surface area (TPSA) is 96.0 Å². The first-order chi connectivity index (χ1) is 19.4. The highest BCUT2D eigenvalue weighted by Gasteiger charge is 2.34. The third-order valence-electron chi connectivity index (χ3n) is 6.77. The highest BCUT2D eigenvalue weighted by atomic mass is 35.5. The highest BCUT2D eigenvalue weighted by molar-refractivity contribution is 7.92. The van der Waals surface area contributed by atoms with Crippen LogP contribution in [0.3, 0.4) is 0 Å². The molecule has 0 aliphatic heterocycles. The largest absolute Gasteiger partial charge is 0.495 e. The molecular formula is C30H35Cl2N3O5S. The first kappa shape index (κ1) is 32.2. The van der Waals surface area contributed by atoms with Gasteiger partial charge < -0.3 is 15.0 Å². The van der Waals surface area contributed by atoms with Gasteiger partial charge in [0, 0.05) is 28.2 Å². The molecule has 220 valence electrons. The fourth-order valence-corrected chi connectivity index (χ4v) is 6.08. The third kappa shape index (κ3) is 7.72. The summed E-state index contributed by atoms with van der Waals surface area (Å²) in [7, 11) is -2.81. The Morgan fingerprint density at radius 1 is 0.976 bits per heavy atom. The van der Waals surface area contributed by atoms with Crippen molar-refractivity contribution in [2.75, 3.05) is 18.0 Å². The zero-order valence-electron chi connectivity index (χ0n) is 23.7. The molecule has 0 spiro atoms. The number of carbonyl (C=O) groups excluding carboxylic acids is 2. The fraction of sp³-hybridized carbons (Fsp3) is 0.333. The van der Waals surface area contributed by atoms with Crippen LogP contribution in [0.15, 0.2) is 71.6 Å². The summed E-state index contributed by atoms with van der Waals surface area (Å²) in [6, 6.07) is 16.8. The van der Waals surface area contributed by atoms with Crippen molar-refractivity contribution in [3.8, 4) is 5.75 Å². The predicted molar refractivity (Wildman–Crippen MR) is 163 cm³/mol. The Bertz CT molecular complexity index is 1460. The number of benzene rings is 3. The van der Waals surface area contributed by atoms with Gasteiger partial charge in [0.05, 0.1) is 17.7 Å². The van der Waals surface area contributed by atoms with Crippen molar-refractivity contribution in [1.29, 1.82) is 0 Å². The number of hydrogen-bond donors (Lipinski definition) is 1. The van der Waals surface area contributed by atoms with Gasteiger partial charge in [-0.25, -0.2) is 8.42 Å². The maximum Gasteiger partial charge on any atom is 0.264 e. The van der Waals surface area contributed by atoms with Gasteiger partial charge in [-0.15, -0.1) is 0 Å². The van der Waals surface area contributed by atoms with Gasteiger partial charge >= 0.3 is 0 Å². The van der Waals surface area contributed by atoms with Crippen LogP contribution < -0.4 is 14.4 Å². The van der Waals surface area contributed by atoms with Gasteiger partial charge in [0.25, 0.3) is 10.0 Å². The molecule has 0 saturated carbocycles. The smallest absolute Gasteiger partial charge is 0.264 e. The maximum atomic E-state index is 14.1. The average molecular weight is 621 g/mol. The third-order valence-corrected chi connectivity index (χ3v) is 9.25. The molecule has 3 rings (SSSR count). The molecule has 8 nitrogen and oxygen atoms in total. The number of halogens is 2. The van der Waals surface area contributed by atoms with Crippen molar-refractivity contribution in [3.63, 3.8) is 0 Å². The van der Waals surface area contributed by atoms with Crippen LogP contribution in [0.1, 0.15) is 38.3 Å². The first-order valence-corrected chi connectivity index (χ1v) is 15.3. The Kier molecular flexibility index (Phi) is 11.1. The Morgan fingerprint density at radius 3 is 2.20 bits per heavy atom. The number of rotatable bonds is 12. The monoisotopic (exact) mass is 619 g/mol. The average Bonchev–Trinajstić information content (AvgIpc) is 2.95. The summed E-state index contributed by atoms with van der Waals surface area (Å²) >= 11 is 12.9. The number of ether oxygens (including phenoxy) is 1. The van der Waals surface area contributed by atoms with Crippen LogP contribution in [0.4, 0.5) is 5.69 Å². The van der Waals surface area contributed by atoms with Crippen LogP contribution in [0.2, 0.25) is 10.0 Å². The summed E-state index contributed by atoms with van der Waals surface area (Å²) < 4.78 is 34.5. The lowest BCUT2D eigenvalue weighted by Crippen LogP contribution is -2.52. The van der Waals surface area contributed by atoms with Gasteiger partial charge in [-0.2, -0.15) is 0 Å². The molecule has 0 saturated heterocycles. The Morgan fingerprint density at radius 2 is 1.61 bits per heavy atom. The van der Waals surface area contributed by atoms with E-state index >= 15 is 0 Å². The minimum atomic E-state index is -4.24. The number of sulfonamides is 1. The summed E-state index contributed by atoms with van der Waals surface area (Å²) in [5.41, 5.74) is 1.40. The molecule has 0 bridgehead atoms. The molecule has 0 fully saturated rings. The van der Waals surface area contributed by atoms with E-state index in [1.165, 1.54) is 24.1 Å². The normalized spacial score (nSPS) is 12.8. The molecule has 3 aromatic carbocycles. The Balaban J connectivity index is 2.12. The van der Waals surface area contributed by atoms with Crippen molar-refractivity contribution >= 4 is 50.7 Å². The zero-order valence-corrected chi connectivity index (χ0v) is 26.1. The standard InChI is InChI=1S/C30H35Cl2N3O5S/c1-6-21(3)33-30(37)22(4)34(18-24-25(31)13-10-14-26(24)32)29(36)19-35(27-17-20(2)15-16-28(27)40-5)41(38,39)23-11-8-7-9-12-23/h7-17,21-22H,6,18-19H2,1-5H3,(H,33,37)/t21-,22-/m0/s1. The van der Waals surface area contributed by atoms with Crippen LogP contribution in [-0.4, -0.2) is 50.9 Å². The van der Waals surface area contributed by atoms with Gasteiger partial charge in [-0.05, 0) is 69.2 Å². The van der Waals surface area contributed by atoms with E-state index < -0.39 is 28.5 Å². The number of amides is 2. The van der Waals surface area contributed by atoms with Crippen molar-refractivity contribution in [2.45, 2.75) is 57.6 Å². The number of anilines is 1. The van der Waals surface area contributed by atoms with Crippen molar-refractivity contribution in [2.24, 2.45) is 0 Å². The summed E-state index contributed by atoms with van der Waals surface area (Å²) in [5.74, 6) is -0.747. The second-order valence-corrected chi connectivity index (χ2v) is 12.4. The summed E-state index contributed by atoms with van der Waals surface area (Å²) in [6.45, 7) is 6.47. The summed E-state index contributed by atoms with van der Waals surface area (Å²) in [5, 5.41) is 3.53. The summed E-state index contributed by atoms with van der Waals surface area (Å²) in [6.07, 6.45) is 0.693. The molecule has 0 aromatic heterocycles. The molecule has 0 heterocycles. The van der Waals surface area contributed by atoms with Crippen molar-refractivity contribution in [3.05, 3.63) is 87.9 Å². The summed E-state index contributed by atoms with van der Waals surface area (Å²) in [4.78, 5) is 28.6. The minimum absolute atomic E-state index is 0.000352. The SMILES string of the molecule is CC[C@H](C)NC(=O)[C@H](C)N(Cc1c(Cl)cccc1Cl)C(=O)CN(c1cc(C)ccc1OC)S(=O)(=O)c1ccccc1. The van der Waals surface area contributed by atoms with Crippen molar-refractivity contribution < 1.29 is 22.7 Å². The van der Waals surface area contributed by atoms with E-state index in [4.69, 9.17) is 27.9 Å². The van der Waals surface area contributed by atoms with Crippen LogP contribution in [0.25, 0.3) is 0 Å². The number of nitrogens with zero attached hydrogens (tertiary/aromatic N) is 2. The molecule has 0 radical (unpaired) electrons. The van der Waals surface area contributed by atoms with E-state index in [0.29, 0.717) is 22.0 Å². The van der Waals surface area contributed by atoms with Gasteiger partial charge in [0.1, 0.15) is 18.3 Å². The number of carbonyl (C=O) groups is 2. The van der Waals surface area contributed by atoms with E-state index in [1.807, 2.05) is 20.8 Å². The van der Waals surface area contributed by atoms with Crippen LogP contribution in [-0.2, 0) is 26.2 Å². The molecule has 0 unspecified atom stereocenters. The quantitative estimate of drug-likeness (QED) is 0.275. The molecule has 0 aliphatic rings. The first-order valence-electron chi connectivity index (χ1n) is 13.2. The number of hydrogen-bond acceptors (Lipinski definition) is 5. The fourth-order valence-electron chi connectivity index (χ4n) is 4.13. The lowest BCUT2D eigenvalue weighted by molar-refractivity contribution is -0.139. The van der Waals surface area contributed by atoms with Crippen LogP contribution >= 0.6 is 23.2 Å². The van der Waals surface area contributed by atoms with Gasteiger partial charge in [0.2, 0.25) is 11.8 Å². The van der Waals surface area contributed by atoms with E-state index in [-0.39, 0.29) is 34.8 Å². The molecule has 11 heteroatoms. The molecule has 1 N–H and O–H groups in total.